The Bertz CT molecular complexity index is 942. The number of aromatic nitrogens is 1. The van der Waals surface area contributed by atoms with Crippen molar-refractivity contribution in [3.8, 4) is 0 Å². The lowest BCUT2D eigenvalue weighted by atomic mass is 9.72. The molecule has 3 fully saturated rings. The van der Waals surface area contributed by atoms with Crippen molar-refractivity contribution in [2.75, 3.05) is 33.7 Å². The van der Waals surface area contributed by atoms with Gasteiger partial charge in [-0.25, -0.2) is 0 Å². The molecule has 0 spiro atoms. The first-order valence-electron chi connectivity index (χ1n) is 11.5. The number of carbonyl (C=O) groups is 1. The third-order valence-electron chi connectivity index (χ3n) is 7.64. The van der Waals surface area contributed by atoms with Crippen LogP contribution in [0.3, 0.4) is 0 Å². The Kier molecular flexibility index (Phi) is 5.28. The van der Waals surface area contributed by atoms with Gasteiger partial charge in [-0.1, -0.05) is 12.1 Å². The van der Waals surface area contributed by atoms with E-state index in [1.54, 1.807) is 0 Å². The number of likely N-dealkylation sites (N-methyl/N-ethyl adjacent to an activating group) is 1. The van der Waals surface area contributed by atoms with Crippen molar-refractivity contribution in [1.29, 1.82) is 0 Å². The van der Waals surface area contributed by atoms with Crippen LogP contribution < -0.4 is 0 Å². The van der Waals surface area contributed by atoms with Gasteiger partial charge in [0, 0.05) is 56.3 Å². The lowest BCUT2D eigenvalue weighted by molar-refractivity contribution is -0.153. The fourth-order valence-corrected chi connectivity index (χ4v) is 6.37. The summed E-state index contributed by atoms with van der Waals surface area (Å²) < 4.78 is 0. The van der Waals surface area contributed by atoms with Crippen molar-refractivity contribution in [3.63, 3.8) is 0 Å². The molecule has 0 saturated carbocycles. The average Bonchev–Trinajstić information content (AvgIpc) is 2.73. The number of fused-ring (bicyclic) bond motifs is 5. The summed E-state index contributed by atoms with van der Waals surface area (Å²) in [6.45, 7) is 6.38. The van der Waals surface area contributed by atoms with Crippen molar-refractivity contribution in [2.24, 2.45) is 11.8 Å². The Morgan fingerprint density at radius 3 is 2.83 bits per heavy atom. The fourth-order valence-electron chi connectivity index (χ4n) is 6.37. The molecule has 0 unspecified atom stereocenters. The van der Waals surface area contributed by atoms with Gasteiger partial charge < -0.3 is 9.80 Å². The molecule has 3 aliphatic rings. The minimum atomic E-state index is 0.354. The van der Waals surface area contributed by atoms with E-state index >= 15 is 0 Å². The summed E-state index contributed by atoms with van der Waals surface area (Å²) >= 11 is 0. The highest BCUT2D eigenvalue weighted by molar-refractivity contribution is 5.83. The van der Waals surface area contributed by atoms with Gasteiger partial charge >= 0.3 is 0 Å². The molecule has 0 aliphatic carbocycles. The van der Waals surface area contributed by atoms with Crippen LogP contribution in [0.15, 0.2) is 30.5 Å². The third-order valence-corrected chi connectivity index (χ3v) is 7.64. The maximum atomic E-state index is 12.9. The molecule has 1 aromatic carbocycles. The van der Waals surface area contributed by atoms with E-state index in [0.29, 0.717) is 29.8 Å². The predicted molar refractivity (Wildman–Crippen MR) is 120 cm³/mol. The number of carbonyl (C=O) groups excluding carboxylic acids is 1. The van der Waals surface area contributed by atoms with Crippen LogP contribution in [-0.2, 0) is 11.3 Å². The highest BCUT2D eigenvalue weighted by Gasteiger charge is 2.49. The van der Waals surface area contributed by atoms with Gasteiger partial charge in [0.1, 0.15) is 0 Å². The quantitative estimate of drug-likeness (QED) is 0.781. The van der Waals surface area contributed by atoms with Crippen LogP contribution in [0.2, 0.25) is 0 Å². The van der Waals surface area contributed by atoms with E-state index in [4.69, 9.17) is 0 Å². The van der Waals surface area contributed by atoms with Crippen LogP contribution in [0.5, 0.6) is 0 Å². The minimum absolute atomic E-state index is 0.354. The Labute approximate surface area is 180 Å². The third kappa shape index (κ3) is 3.52. The molecule has 1 aromatic heterocycles. The molecule has 30 heavy (non-hydrogen) atoms. The molecular formula is C25H34N4O. The predicted octanol–water partition coefficient (Wildman–Crippen LogP) is 3.31. The van der Waals surface area contributed by atoms with Crippen LogP contribution in [0.25, 0.3) is 10.9 Å². The summed E-state index contributed by atoms with van der Waals surface area (Å²) in [5.74, 6) is 1.58. The summed E-state index contributed by atoms with van der Waals surface area (Å²) in [6, 6.07) is 9.40. The van der Waals surface area contributed by atoms with Crippen molar-refractivity contribution in [3.05, 3.63) is 41.6 Å². The van der Waals surface area contributed by atoms with Crippen LogP contribution >= 0.6 is 0 Å². The molecule has 4 atom stereocenters. The topological polar surface area (TPSA) is 39.7 Å². The molecular weight excluding hydrogens is 372 g/mol. The molecule has 0 radical (unpaired) electrons. The molecule has 2 aromatic rings. The van der Waals surface area contributed by atoms with E-state index in [9.17, 15) is 4.79 Å². The molecule has 5 rings (SSSR count). The number of rotatable bonds is 4. The summed E-state index contributed by atoms with van der Waals surface area (Å²) in [7, 11) is 4.28. The number of hydrogen-bond donors (Lipinski definition) is 0. The SMILES string of the molecule is Cc1ccc2ncccc2c1CN1C[C@H]2C[C@@H](C1)[C@H](CN(C)C)N1C(=O)CCC[C@@H]21. The van der Waals surface area contributed by atoms with E-state index in [0.717, 1.165) is 44.5 Å². The molecule has 3 aliphatic heterocycles. The van der Waals surface area contributed by atoms with E-state index in [1.807, 2.05) is 6.20 Å². The van der Waals surface area contributed by atoms with Crippen LogP contribution in [0.1, 0.15) is 36.8 Å². The first-order valence-corrected chi connectivity index (χ1v) is 11.5. The molecule has 160 valence electrons. The molecule has 0 N–H and O–H groups in total. The Morgan fingerprint density at radius 2 is 2.00 bits per heavy atom. The van der Waals surface area contributed by atoms with E-state index in [2.05, 4.69) is 65.0 Å². The van der Waals surface area contributed by atoms with Gasteiger partial charge in [-0.2, -0.15) is 0 Å². The number of benzene rings is 1. The second-order valence-electron chi connectivity index (χ2n) is 9.97. The number of hydrogen-bond acceptors (Lipinski definition) is 4. The first kappa shape index (κ1) is 20.0. The lowest BCUT2D eigenvalue weighted by Crippen LogP contribution is -2.66. The molecule has 5 heteroatoms. The normalized spacial score (nSPS) is 29.5. The van der Waals surface area contributed by atoms with Crippen molar-refractivity contribution in [2.45, 2.75) is 51.2 Å². The van der Waals surface area contributed by atoms with Crippen LogP contribution in [-0.4, -0.2) is 71.4 Å². The maximum absolute atomic E-state index is 12.9. The van der Waals surface area contributed by atoms with Crippen molar-refractivity contribution >= 4 is 16.8 Å². The monoisotopic (exact) mass is 406 g/mol. The zero-order valence-electron chi connectivity index (χ0n) is 18.6. The Morgan fingerprint density at radius 1 is 1.17 bits per heavy atom. The van der Waals surface area contributed by atoms with E-state index in [-0.39, 0.29) is 0 Å². The van der Waals surface area contributed by atoms with E-state index < -0.39 is 0 Å². The molecule has 1 amide bonds. The Hall–Kier alpha value is -1.98. The Balaban J connectivity index is 1.44. The van der Waals surface area contributed by atoms with Crippen molar-refractivity contribution < 1.29 is 4.79 Å². The standard InChI is InChI=1S/C25H34N4O/c1-17-9-10-22-20(6-5-11-26-22)21(17)15-28-13-18-12-19(14-28)24(16-27(2)3)29-23(18)7-4-8-25(29)30/h5-6,9-11,18-19,23-24H,4,7-8,12-16H2,1-3H3/t18-,19+,23+,24+/m1/s1. The first-order chi connectivity index (χ1) is 14.5. The van der Waals surface area contributed by atoms with E-state index in [1.165, 1.54) is 29.4 Å². The zero-order chi connectivity index (χ0) is 20.8. The lowest BCUT2D eigenvalue weighted by Gasteiger charge is -2.57. The van der Waals surface area contributed by atoms with Gasteiger partial charge in [0.2, 0.25) is 5.91 Å². The molecule has 5 nitrogen and oxygen atoms in total. The number of amides is 1. The van der Waals surface area contributed by atoms with Crippen LogP contribution in [0.4, 0.5) is 0 Å². The van der Waals surface area contributed by atoms with Crippen molar-refractivity contribution in [1.82, 2.24) is 19.7 Å². The highest BCUT2D eigenvalue weighted by Crippen LogP contribution is 2.42. The van der Waals surface area contributed by atoms with Gasteiger partial charge in [-0.3, -0.25) is 14.7 Å². The highest BCUT2D eigenvalue weighted by atomic mass is 16.2. The smallest absolute Gasteiger partial charge is 0.223 e. The maximum Gasteiger partial charge on any atom is 0.223 e. The summed E-state index contributed by atoms with van der Waals surface area (Å²) in [5.41, 5.74) is 3.86. The average molecular weight is 407 g/mol. The number of nitrogens with zero attached hydrogens (tertiary/aromatic N) is 4. The second-order valence-corrected chi connectivity index (χ2v) is 9.97. The largest absolute Gasteiger partial charge is 0.335 e. The molecule has 3 saturated heterocycles. The van der Waals surface area contributed by atoms with Crippen LogP contribution in [0, 0.1) is 18.8 Å². The van der Waals surface area contributed by atoms with Gasteiger partial charge in [-0.15, -0.1) is 0 Å². The number of aryl methyl sites for hydroxylation is 1. The number of pyridine rings is 1. The zero-order valence-corrected chi connectivity index (χ0v) is 18.6. The summed E-state index contributed by atoms with van der Waals surface area (Å²) in [6.07, 6.45) is 6.14. The molecule has 2 bridgehead atoms. The van der Waals surface area contributed by atoms with Gasteiger partial charge in [0.05, 0.1) is 5.52 Å². The van der Waals surface area contributed by atoms with Gasteiger partial charge in [0.25, 0.3) is 0 Å². The van der Waals surface area contributed by atoms with Gasteiger partial charge in [0.15, 0.2) is 0 Å². The molecule has 4 heterocycles. The summed E-state index contributed by atoms with van der Waals surface area (Å²) in [4.78, 5) is 24.7. The fraction of sp³-hybridized carbons (Fsp3) is 0.600. The number of likely N-dealkylation sites (tertiary alicyclic amines) is 1. The summed E-state index contributed by atoms with van der Waals surface area (Å²) in [5, 5.41) is 1.28. The second kappa shape index (κ2) is 7.93. The van der Waals surface area contributed by atoms with Gasteiger partial charge in [-0.05, 0) is 75.4 Å². The minimum Gasteiger partial charge on any atom is -0.335 e. The number of piperidine rings is 3.